The molecule has 8 heteroatoms. The molecule has 124 valence electrons. The Morgan fingerprint density at radius 3 is 2.78 bits per heavy atom. The molecule has 0 atom stereocenters. The van der Waals surface area contributed by atoms with Crippen molar-refractivity contribution in [1.29, 1.82) is 0 Å². The van der Waals surface area contributed by atoms with Gasteiger partial charge in [-0.15, -0.1) is 11.3 Å². The number of rotatable bonds is 3. The summed E-state index contributed by atoms with van der Waals surface area (Å²) in [6, 6.07) is 0. The Labute approximate surface area is 140 Å². The molecule has 1 aliphatic heterocycles. The third-order valence-corrected chi connectivity index (χ3v) is 5.37. The number of nitrogens with one attached hydrogen (secondary N) is 2. The number of thiazole rings is 1. The molecule has 1 aliphatic rings. The lowest BCUT2D eigenvalue weighted by molar-refractivity contribution is 0.298. The molecule has 2 N–H and O–H groups in total. The number of likely N-dealkylation sites (tertiary alicyclic amines) is 1. The molecular weight excluding hydrogens is 310 g/mol. The molecule has 3 rings (SSSR count). The van der Waals surface area contributed by atoms with Crippen LogP contribution in [-0.2, 0) is 6.54 Å². The number of aromatic nitrogens is 4. The lowest BCUT2D eigenvalue weighted by Gasteiger charge is -2.33. The minimum Gasteiger partial charge on any atom is -0.350 e. The van der Waals surface area contributed by atoms with E-state index in [1.807, 2.05) is 7.05 Å². The van der Waals surface area contributed by atoms with Crippen LogP contribution in [-0.4, -0.2) is 51.2 Å². The highest BCUT2D eigenvalue weighted by molar-refractivity contribution is 7.11. The number of aliphatic imine (C=N–C) groups is 1. The fraction of sp³-hybridized carbons (Fsp3) is 0.600. The maximum Gasteiger partial charge on any atom is 0.193 e. The predicted molar refractivity (Wildman–Crippen MR) is 91.7 cm³/mol. The van der Waals surface area contributed by atoms with Crippen LogP contribution in [0.25, 0.3) is 0 Å². The molecule has 0 unspecified atom stereocenters. The number of hydrogen-bond donors (Lipinski definition) is 2. The van der Waals surface area contributed by atoms with E-state index in [1.54, 1.807) is 17.7 Å². The Balaban J connectivity index is 1.53. The Hall–Kier alpha value is -1.96. The SMILES string of the molecule is CN=C(NCc1nc(C)c(C)s1)N1CCC(c2ncn[nH]2)CC1. The first-order valence-corrected chi connectivity index (χ1v) is 8.72. The average Bonchev–Trinajstić information content (AvgIpc) is 3.19. The van der Waals surface area contributed by atoms with E-state index in [4.69, 9.17) is 0 Å². The van der Waals surface area contributed by atoms with Crippen molar-refractivity contribution in [2.45, 2.75) is 39.2 Å². The van der Waals surface area contributed by atoms with E-state index in [-0.39, 0.29) is 0 Å². The zero-order chi connectivity index (χ0) is 16.2. The molecule has 2 aromatic rings. The van der Waals surface area contributed by atoms with Crippen LogP contribution in [0.4, 0.5) is 0 Å². The summed E-state index contributed by atoms with van der Waals surface area (Å²) < 4.78 is 0. The average molecular weight is 333 g/mol. The molecule has 1 fully saturated rings. The molecule has 2 aromatic heterocycles. The number of H-pyrrole nitrogens is 1. The van der Waals surface area contributed by atoms with Crippen LogP contribution in [0.15, 0.2) is 11.3 Å². The van der Waals surface area contributed by atoms with Crippen LogP contribution >= 0.6 is 11.3 Å². The Kier molecular flexibility index (Phi) is 4.90. The quantitative estimate of drug-likeness (QED) is 0.661. The van der Waals surface area contributed by atoms with Gasteiger partial charge in [0.2, 0.25) is 0 Å². The van der Waals surface area contributed by atoms with E-state index in [2.05, 4.69) is 49.2 Å². The van der Waals surface area contributed by atoms with Crippen molar-refractivity contribution < 1.29 is 0 Å². The van der Waals surface area contributed by atoms with Gasteiger partial charge in [0.15, 0.2) is 5.96 Å². The van der Waals surface area contributed by atoms with Crippen molar-refractivity contribution in [3.05, 3.63) is 27.7 Å². The lowest BCUT2D eigenvalue weighted by atomic mass is 9.96. The minimum atomic E-state index is 0.469. The lowest BCUT2D eigenvalue weighted by Crippen LogP contribution is -2.45. The zero-order valence-corrected chi connectivity index (χ0v) is 14.7. The molecule has 0 saturated carbocycles. The second-order valence-electron chi connectivity index (χ2n) is 5.78. The van der Waals surface area contributed by atoms with E-state index in [9.17, 15) is 0 Å². The van der Waals surface area contributed by atoms with E-state index >= 15 is 0 Å². The van der Waals surface area contributed by atoms with Gasteiger partial charge in [0, 0.05) is 30.9 Å². The fourth-order valence-corrected chi connectivity index (χ4v) is 3.75. The summed E-state index contributed by atoms with van der Waals surface area (Å²) in [5, 5.41) is 11.5. The molecule has 0 spiro atoms. The first-order chi connectivity index (χ1) is 11.2. The van der Waals surface area contributed by atoms with Crippen molar-refractivity contribution in [3.8, 4) is 0 Å². The second-order valence-corrected chi connectivity index (χ2v) is 7.07. The Bertz CT molecular complexity index is 634. The van der Waals surface area contributed by atoms with Crippen molar-refractivity contribution in [2.24, 2.45) is 4.99 Å². The van der Waals surface area contributed by atoms with Crippen molar-refractivity contribution in [2.75, 3.05) is 20.1 Å². The highest BCUT2D eigenvalue weighted by Gasteiger charge is 2.24. The van der Waals surface area contributed by atoms with Gasteiger partial charge in [-0.3, -0.25) is 10.1 Å². The van der Waals surface area contributed by atoms with Gasteiger partial charge in [-0.25, -0.2) is 9.97 Å². The van der Waals surface area contributed by atoms with Gasteiger partial charge >= 0.3 is 0 Å². The number of aryl methyl sites for hydroxylation is 2. The van der Waals surface area contributed by atoms with Crippen LogP contribution in [0.5, 0.6) is 0 Å². The monoisotopic (exact) mass is 333 g/mol. The Morgan fingerprint density at radius 1 is 1.43 bits per heavy atom. The smallest absolute Gasteiger partial charge is 0.193 e. The molecule has 0 bridgehead atoms. The van der Waals surface area contributed by atoms with E-state index in [0.29, 0.717) is 5.92 Å². The van der Waals surface area contributed by atoms with Crippen molar-refractivity contribution in [3.63, 3.8) is 0 Å². The molecule has 0 radical (unpaired) electrons. The maximum absolute atomic E-state index is 4.57. The fourth-order valence-electron chi connectivity index (χ4n) is 2.88. The summed E-state index contributed by atoms with van der Waals surface area (Å²) in [6.07, 6.45) is 3.71. The Morgan fingerprint density at radius 2 is 2.22 bits per heavy atom. The number of guanidine groups is 1. The van der Waals surface area contributed by atoms with Crippen molar-refractivity contribution in [1.82, 2.24) is 30.4 Å². The number of hydrogen-bond acceptors (Lipinski definition) is 5. The van der Waals surface area contributed by atoms with Crippen molar-refractivity contribution >= 4 is 17.3 Å². The molecule has 3 heterocycles. The summed E-state index contributed by atoms with van der Waals surface area (Å²) >= 11 is 1.75. The van der Waals surface area contributed by atoms with E-state index in [0.717, 1.165) is 55.0 Å². The summed E-state index contributed by atoms with van der Waals surface area (Å²) in [5.41, 5.74) is 1.12. The topological polar surface area (TPSA) is 82.1 Å². The normalized spacial score (nSPS) is 16.8. The highest BCUT2D eigenvalue weighted by Crippen LogP contribution is 2.25. The van der Waals surface area contributed by atoms with Gasteiger partial charge in [-0.05, 0) is 26.7 Å². The zero-order valence-electron chi connectivity index (χ0n) is 13.8. The number of nitrogens with zero attached hydrogens (tertiary/aromatic N) is 5. The first-order valence-electron chi connectivity index (χ1n) is 7.91. The number of aromatic amines is 1. The molecule has 1 saturated heterocycles. The third kappa shape index (κ3) is 3.69. The number of piperidine rings is 1. The predicted octanol–water partition coefficient (Wildman–Crippen LogP) is 1.83. The van der Waals surface area contributed by atoms with Gasteiger partial charge in [0.1, 0.15) is 17.2 Å². The first kappa shape index (κ1) is 15.9. The van der Waals surface area contributed by atoms with Gasteiger partial charge in [0.05, 0.1) is 12.2 Å². The summed E-state index contributed by atoms with van der Waals surface area (Å²) in [5.74, 6) is 2.42. The molecule has 0 aliphatic carbocycles. The van der Waals surface area contributed by atoms with Crippen LogP contribution in [0.3, 0.4) is 0 Å². The minimum absolute atomic E-state index is 0.469. The standard InChI is InChI=1S/C15H23N7S/c1-10-11(2)23-13(20-10)8-17-15(16-3)22-6-4-12(5-7-22)14-18-9-19-21-14/h9,12H,4-8H2,1-3H3,(H,16,17)(H,18,19,21). The summed E-state index contributed by atoms with van der Waals surface area (Å²) in [7, 11) is 1.84. The van der Waals surface area contributed by atoms with Crippen LogP contribution < -0.4 is 5.32 Å². The molecule has 23 heavy (non-hydrogen) atoms. The second kappa shape index (κ2) is 7.08. The highest BCUT2D eigenvalue weighted by atomic mass is 32.1. The van der Waals surface area contributed by atoms with Gasteiger partial charge < -0.3 is 10.2 Å². The summed E-state index contributed by atoms with van der Waals surface area (Å²) in [6.45, 7) is 6.84. The van der Waals surface area contributed by atoms with Crippen LogP contribution in [0.2, 0.25) is 0 Å². The van der Waals surface area contributed by atoms with Gasteiger partial charge in [-0.2, -0.15) is 5.10 Å². The van der Waals surface area contributed by atoms with Gasteiger partial charge in [0.25, 0.3) is 0 Å². The molecule has 7 nitrogen and oxygen atoms in total. The van der Waals surface area contributed by atoms with E-state index < -0.39 is 0 Å². The van der Waals surface area contributed by atoms with E-state index in [1.165, 1.54) is 4.88 Å². The largest absolute Gasteiger partial charge is 0.350 e. The molecular formula is C15H23N7S. The molecule has 0 amide bonds. The van der Waals surface area contributed by atoms with Crippen LogP contribution in [0, 0.1) is 13.8 Å². The molecule has 0 aromatic carbocycles. The maximum atomic E-state index is 4.57. The summed E-state index contributed by atoms with van der Waals surface area (Å²) in [4.78, 5) is 16.9. The van der Waals surface area contributed by atoms with Gasteiger partial charge in [-0.1, -0.05) is 0 Å². The van der Waals surface area contributed by atoms with Crippen LogP contribution in [0.1, 0.15) is 40.2 Å². The third-order valence-electron chi connectivity index (χ3n) is 4.30.